The van der Waals surface area contributed by atoms with Crippen molar-refractivity contribution >= 4 is 0 Å². The highest BCUT2D eigenvalue weighted by atomic mass is 19.1. The first kappa shape index (κ1) is 14.0. The smallest absolute Gasteiger partial charge is 0.129 e. The van der Waals surface area contributed by atoms with Gasteiger partial charge in [-0.2, -0.15) is 0 Å². The van der Waals surface area contributed by atoms with Crippen molar-refractivity contribution in [1.82, 2.24) is 5.32 Å². The minimum Gasteiger partial charge on any atom is -0.493 e. The van der Waals surface area contributed by atoms with Crippen LogP contribution in [-0.2, 0) is 0 Å². The van der Waals surface area contributed by atoms with Crippen LogP contribution in [0.3, 0.4) is 0 Å². The quantitative estimate of drug-likeness (QED) is 0.796. The summed E-state index contributed by atoms with van der Waals surface area (Å²) in [7, 11) is 0. The van der Waals surface area contributed by atoms with E-state index >= 15 is 0 Å². The summed E-state index contributed by atoms with van der Waals surface area (Å²) in [6.45, 7) is 9.63. The lowest BCUT2D eigenvalue weighted by atomic mass is 10.1. The highest BCUT2D eigenvalue weighted by Gasteiger charge is 2.07. The monoisotopic (exact) mass is 239 g/mol. The molecule has 1 N–H and O–H groups in total. The molecule has 0 saturated carbocycles. The Balaban J connectivity index is 2.25. The molecule has 0 heterocycles. The normalized spacial score (nSPS) is 11.6. The van der Waals surface area contributed by atoms with E-state index in [1.807, 2.05) is 0 Å². The molecule has 0 radical (unpaired) electrons. The fourth-order valence-electron chi connectivity index (χ4n) is 1.39. The molecule has 3 heteroatoms. The van der Waals surface area contributed by atoms with E-state index < -0.39 is 0 Å². The van der Waals surface area contributed by atoms with Gasteiger partial charge in [0.1, 0.15) is 11.6 Å². The van der Waals surface area contributed by atoms with Crippen LogP contribution in [-0.4, -0.2) is 18.7 Å². The summed E-state index contributed by atoms with van der Waals surface area (Å²) in [4.78, 5) is 0. The van der Waals surface area contributed by atoms with Gasteiger partial charge in [0.25, 0.3) is 0 Å². The fourth-order valence-corrected chi connectivity index (χ4v) is 1.39. The van der Waals surface area contributed by atoms with Gasteiger partial charge in [-0.05, 0) is 52.3 Å². The van der Waals surface area contributed by atoms with E-state index in [2.05, 4.69) is 26.1 Å². The molecule has 1 rings (SSSR count). The molecule has 0 aromatic heterocycles. The molecule has 0 aliphatic heterocycles. The summed E-state index contributed by atoms with van der Waals surface area (Å²) >= 11 is 0. The van der Waals surface area contributed by atoms with Crippen LogP contribution in [0.2, 0.25) is 0 Å². The standard InChI is InChI=1S/C14H22FNO/c1-11-6-7-12(10-13(11)15)17-9-5-8-16-14(2,3)4/h6-7,10,16H,5,8-9H2,1-4H3. The van der Waals surface area contributed by atoms with Crippen molar-refractivity contribution in [3.8, 4) is 5.75 Å². The second-order valence-electron chi connectivity index (χ2n) is 5.29. The zero-order chi connectivity index (χ0) is 12.9. The molecule has 96 valence electrons. The molecular weight excluding hydrogens is 217 g/mol. The van der Waals surface area contributed by atoms with Crippen LogP contribution in [0.1, 0.15) is 32.8 Å². The maximum absolute atomic E-state index is 13.2. The van der Waals surface area contributed by atoms with Gasteiger partial charge < -0.3 is 10.1 Å². The van der Waals surface area contributed by atoms with Crippen LogP contribution in [0.25, 0.3) is 0 Å². The summed E-state index contributed by atoms with van der Waals surface area (Å²) in [6, 6.07) is 4.97. The zero-order valence-electron chi connectivity index (χ0n) is 11.1. The van der Waals surface area contributed by atoms with Gasteiger partial charge in [-0.25, -0.2) is 4.39 Å². The molecule has 2 nitrogen and oxygen atoms in total. The average Bonchev–Trinajstić information content (AvgIpc) is 2.21. The topological polar surface area (TPSA) is 21.3 Å². The SMILES string of the molecule is Cc1ccc(OCCCNC(C)(C)C)cc1F. The van der Waals surface area contributed by atoms with Crippen LogP contribution in [0.15, 0.2) is 18.2 Å². The number of nitrogens with one attached hydrogen (secondary N) is 1. The molecule has 1 aromatic carbocycles. The van der Waals surface area contributed by atoms with Crippen molar-refractivity contribution in [2.24, 2.45) is 0 Å². The van der Waals surface area contributed by atoms with Crippen molar-refractivity contribution in [1.29, 1.82) is 0 Å². The molecule has 0 spiro atoms. The predicted molar refractivity (Wildman–Crippen MR) is 69.0 cm³/mol. The van der Waals surface area contributed by atoms with E-state index in [-0.39, 0.29) is 11.4 Å². The Kier molecular flexibility index (Phi) is 4.94. The molecule has 0 aliphatic rings. The predicted octanol–water partition coefficient (Wildman–Crippen LogP) is 3.29. The van der Waals surface area contributed by atoms with Gasteiger partial charge in [0.05, 0.1) is 6.61 Å². The van der Waals surface area contributed by atoms with Crippen LogP contribution in [0, 0.1) is 12.7 Å². The number of hydrogen-bond donors (Lipinski definition) is 1. The lowest BCUT2D eigenvalue weighted by Gasteiger charge is -2.20. The summed E-state index contributed by atoms with van der Waals surface area (Å²) in [5.41, 5.74) is 0.780. The van der Waals surface area contributed by atoms with Gasteiger partial charge >= 0.3 is 0 Å². The Morgan fingerprint density at radius 3 is 2.59 bits per heavy atom. The largest absolute Gasteiger partial charge is 0.493 e. The second kappa shape index (κ2) is 6.01. The number of rotatable bonds is 5. The van der Waals surface area contributed by atoms with Crippen LogP contribution >= 0.6 is 0 Å². The van der Waals surface area contributed by atoms with E-state index in [0.29, 0.717) is 17.9 Å². The van der Waals surface area contributed by atoms with Crippen molar-refractivity contribution in [3.05, 3.63) is 29.6 Å². The van der Waals surface area contributed by atoms with Crippen molar-refractivity contribution in [2.45, 2.75) is 39.7 Å². The minimum atomic E-state index is -0.213. The Labute approximate surface area is 103 Å². The van der Waals surface area contributed by atoms with Crippen molar-refractivity contribution in [2.75, 3.05) is 13.2 Å². The lowest BCUT2D eigenvalue weighted by Crippen LogP contribution is -2.36. The Bertz CT molecular complexity index is 358. The number of benzene rings is 1. The van der Waals surface area contributed by atoms with Gasteiger partial charge in [-0.15, -0.1) is 0 Å². The second-order valence-corrected chi connectivity index (χ2v) is 5.29. The maximum Gasteiger partial charge on any atom is 0.129 e. The number of hydrogen-bond acceptors (Lipinski definition) is 2. The van der Waals surface area contributed by atoms with E-state index in [4.69, 9.17) is 4.74 Å². The van der Waals surface area contributed by atoms with Crippen LogP contribution in [0.5, 0.6) is 5.75 Å². The first-order valence-electron chi connectivity index (χ1n) is 6.02. The third-order valence-electron chi connectivity index (χ3n) is 2.39. The molecular formula is C14H22FNO. The summed E-state index contributed by atoms with van der Waals surface area (Å²) in [5.74, 6) is 0.388. The molecule has 0 fully saturated rings. The molecule has 17 heavy (non-hydrogen) atoms. The van der Waals surface area contributed by atoms with E-state index in [1.165, 1.54) is 6.07 Å². The highest BCUT2D eigenvalue weighted by molar-refractivity contribution is 5.27. The van der Waals surface area contributed by atoms with Gasteiger partial charge in [-0.3, -0.25) is 0 Å². The molecule has 0 aliphatic carbocycles. The van der Waals surface area contributed by atoms with E-state index in [1.54, 1.807) is 19.1 Å². The van der Waals surface area contributed by atoms with Gasteiger partial charge in [-0.1, -0.05) is 6.07 Å². The third-order valence-corrected chi connectivity index (χ3v) is 2.39. The summed E-state index contributed by atoms with van der Waals surface area (Å²) in [6.07, 6.45) is 0.909. The third kappa shape index (κ3) is 5.68. The first-order valence-corrected chi connectivity index (χ1v) is 6.02. The number of ether oxygens (including phenoxy) is 1. The van der Waals surface area contributed by atoms with Gasteiger partial charge in [0, 0.05) is 11.6 Å². The van der Waals surface area contributed by atoms with E-state index in [9.17, 15) is 4.39 Å². The van der Waals surface area contributed by atoms with Crippen molar-refractivity contribution in [3.63, 3.8) is 0 Å². The molecule has 0 unspecified atom stereocenters. The van der Waals surface area contributed by atoms with Crippen molar-refractivity contribution < 1.29 is 9.13 Å². The Hall–Kier alpha value is -1.09. The van der Waals surface area contributed by atoms with E-state index in [0.717, 1.165) is 13.0 Å². The highest BCUT2D eigenvalue weighted by Crippen LogP contribution is 2.15. The van der Waals surface area contributed by atoms with Gasteiger partial charge in [0.15, 0.2) is 0 Å². The molecule has 0 amide bonds. The Morgan fingerprint density at radius 2 is 2.00 bits per heavy atom. The molecule has 0 bridgehead atoms. The van der Waals surface area contributed by atoms with Crippen LogP contribution < -0.4 is 10.1 Å². The average molecular weight is 239 g/mol. The molecule has 1 aromatic rings. The molecule has 0 saturated heterocycles. The maximum atomic E-state index is 13.2. The Morgan fingerprint density at radius 1 is 1.29 bits per heavy atom. The first-order chi connectivity index (χ1) is 7.88. The summed E-state index contributed by atoms with van der Waals surface area (Å²) < 4.78 is 18.7. The molecule has 0 atom stereocenters. The number of halogens is 1. The number of aryl methyl sites for hydroxylation is 1. The lowest BCUT2D eigenvalue weighted by molar-refractivity contribution is 0.297. The summed E-state index contributed by atoms with van der Waals surface area (Å²) in [5, 5.41) is 3.37. The van der Waals surface area contributed by atoms with Gasteiger partial charge in [0.2, 0.25) is 0 Å². The fraction of sp³-hybridized carbons (Fsp3) is 0.571. The zero-order valence-corrected chi connectivity index (χ0v) is 11.1. The van der Waals surface area contributed by atoms with Crippen LogP contribution in [0.4, 0.5) is 4.39 Å². The minimum absolute atomic E-state index is 0.135.